The third-order valence-corrected chi connectivity index (χ3v) is 6.82. The Morgan fingerprint density at radius 2 is 1.94 bits per heavy atom. The number of aromatic nitrogens is 4. The predicted molar refractivity (Wildman–Crippen MR) is 124 cm³/mol. The number of alkyl halides is 2. The van der Waals surface area contributed by atoms with Gasteiger partial charge in [0.25, 0.3) is 0 Å². The van der Waals surface area contributed by atoms with Crippen LogP contribution in [0, 0.1) is 5.82 Å². The molecule has 2 aromatic heterocycles. The van der Waals surface area contributed by atoms with Crippen molar-refractivity contribution in [3.63, 3.8) is 0 Å². The molecule has 0 amide bonds. The summed E-state index contributed by atoms with van der Waals surface area (Å²) in [5, 5.41) is 20.0. The molecule has 2 aliphatic carbocycles. The summed E-state index contributed by atoms with van der Waals surface area (Å²) in [6.45, 7) is 5.74. The molecule has 192 valence electrons. The molecular formula is C23H32F3N7O2. The van der Waals surface area contributed by atoms with Gasteiger partial charge in [-0.2, -0.15) is 9.49 Å². The number of hydrogen-bond donors (Lipinski definition) is 3. The van der Waals surface area contributed by atoms with Crippen molar-refractivity contribution in [2.75, 3.05) is 56.2 Å². The van der Waals surface area contributed by atoms with Gasteiger partial charge in [-0.3, -0.25) is 10.00 Å². The van der Waals surface area contributed by atoms with E-state index in [2.05, 4.69) is 30.4 Å². The monoisotopic (exact) mass is 495 g/mol. The molecule has 3 heterocycles. The minimum absolute atomic E-state index is 0.0449. The Hall–Kier alpha value is -2.44. The molecule has 1 aliphatic heterocycles. The second-order valence-electron chi connectivity index (χ2n) is 9.74. The average Bonchev–Trinajstić information content (AvgIpc) is 3.57. The first kappa shape index (κ1) is 24.3. The lowest BCUT2D eigenvalue weighted by Gasteiger charge is -2.36. The van der Waals surface area contributed by atoms with E-state index in [-0.39, 0.29) is 36.3 Å². The largest absolute Gasteiger partial charge is 0.389 e. The van der Waals surface area contributed by atoms with Crippen LogP contribution < -0.4 is 10.2 Å². The molecule has 2 aromatic rings. The van der Waals surface area contributed by atoms with Gasteiger partial charge in [-0.15, -0.1) is 0 Å². The molecule has 0 radical (unpaired) electrons. The van der Waals surface area contributed by atoms with Crippen LogP contribution in [0.3, 0.4) is 0 Å². The number of nitrogens with one attached hydrogen (secondary N) is 2. The fraction of sp³-hybridized carbons (Fsp3) is 0.696. The molecule has 0 aromatic carbocycles. The van der Waals surface area contributed by atoms with Crippen molar-refractivity contribution < 1.29 is 23.0 Å². The van der Waals surface area contributed by atoms with Crippen LogP contribution in [0.15, 0.2) is 6.07 Å². The molecule has 3 aliphatic rings. The zero-order chi connectivity index (χ0) is 24.6. The predicted octanol–water partition coefficient (Wildman–Crippen LogP) is 2.99. The standard InChI is InChI=1S/C23H32F3N7O2/c1-2-35-13-16(34)12-32-5-7-33(8-6-32)22-19(24)21(28-20(29-22)14-3-4-14)27-18-9-17(30-31-18)15-10-23(25,26)11-15/h9,14-16,34H,2-8,10-13H2,1H3,(H2,27,28,29,30,31). The number of aromatic amines is 1. The van der Waals surface area contributed by atoms with Gasteiger partial charge < -0.3 is 20.1 Å². The maximum absolute atomic E-state index is 15.6. The number of nitrogens with zero attached hydrogens (tertiary/aromatic N) is 5. The van der Waals surface area contributed by atoms with Crippen LogP contribution in [0.2, 0.25) is 0 Å². The van der Waals surface area contributed by atoms with Crippen LogP contribution >= 0.6 is 0 Å². The van der Waals surface area contributed by atoms with E-state index < -0.39 is 17.8 Å². The van der Waals surface area contributed by atoms with Crippen molar-refractivity contribution in [1.29, 1.82) is 0 Å². The summed E-state index contributed by atoms with van der Waals surface area (Å²) in [6, 6.07) is 1.64. The van der Waals surface area contributed by atoms with Gasteiger partial charge in [0.15, 0.2) is 17.5 Å². The van der Waals surface area contributed by atoms with Crippen molar-refractivity contribution in [2.24, 2.45) is 0 Å². The number of ether oxygens (including phenoxy) is 1. The number of β-amino-alcohol motifs (C(OH)–C–C–N with tert-alkyl or cyclic N) is 1. The van der Waals surface area contributed by atoms with E-state index in [4.69, 9.17) is 4.74 Å². The molecule has 3 N–H and O–H groups in total. The summed E-state index contributed by atoms with van der Waals surface area (Å²) in [4.78, 5) is 13.0. The zero-order valence-electron chi connectivity index (χ0n) is 19.8. The Labute approximate surface area is 202 Å². The number of hydrogen-bond acceptors (Lipinski definition) is 8. The normalized spacial score (nSPS) is 21.7. The lowest BCUT2D eigenvalue weighted by atomic mass is 9.79. The Balaban J connectivity index is 1.27. The minimum atomic E-state index is -2.62. The Kier molecular flexibility index (Phi) is 6.86. The number of piperazine rings is 1. The van der Waals surface area contributed by atoms with Gasteiger partial charge in [-0.1, -0.05) is 0 Å². The maximum Gasteiger partial charge on any atom is 0.249 e. The molecule has 1 atom stereocenters. The smallest absolute Gasteiger partial charge is 0.249 e. The summed E-state index contributed by atoms with van der Waals surface area (Å²) in [5.41, 5.74) is 0.609. The van der Waals surface area contributed by atoms with Crippen LogP contribution in [0.4, 0.5) is 30.6 Å². The third-order valence-electron chi connectivity index (χ3n) is 6.82. The third kappa shape index (κ3) is 5.70. The Bertz CT molecular complexity index is 1020. The molecule has 12 heteroatoms. The highest BCUT2D eigenvalue weighted by Crippen LogP contribution is 2.48. The van der Waals surface area contributed by atoms with Gasteiger partial charge >= 0.3 is 0 Å². The highest BCUT2D eigenvalue weighted by Gasteiger charge is 2.46. The van der Waals surface area contributed by atoms with E-state index in [0.717, 1.165) is 12.8 Å². The van der Waals surface area contributed by atoms with Crippen LogP contribution in [0.1, 0.15) is 56.0 Å². The first-order valence-corrected chi connectivity index (χ1v) is 12.3. The molecule has 0 spiro atoms. The summed E-state index contributed by atoms with van der Waals surface area (Å²) in [6.07, 6.45) is 0.971. The van der Waals surface area contributed by atoms with E-state index in [0.29, 0.717) is 63.3 Å². The van der Waals surface area contributed by atoms with Gasteiger partial charge in [-0.05, 0) is 19.8 Å². The van der Waals surface area contributed by atoms with Crippen LogP contribution in [0.25, 0.3) is 0 Å². The quantitative estimate of drug-likeness (QED) is 0.463. The lowest BCUT2D eigenvalue weighted by molar-refractivity contribution is -0.0876. The van der Waals surface area contributed by atoms with Gasteiger partial charge in [0.05, 0.1) is 12.7 Å². The van der Waals surface area contributed by atoms with Crippen molar-refractivity contribution in [3.05, 3.63) is 23.4 Å². The molecule has 1 saturated heterocycles. The van der Waals surface area contributed by atoms with Crippen molar-refractivity contribution in [1.82, 2.24) is 25.1 Å². The van der Waals surface area contributed by atoms with Crippen molar-refractivity contribution in [3.8, 4) is 0 Å². The van der Waals surface area contributed by atoms with Crippen LogP contribution in [0.5, 0.6) is 0 Å². The Morgan fingerprint density at radius 3 is 2.60 bits per heavy atom. The molecule has 9 nitrogen and oxygen atoms in total. The van der Waals surface area contributed by atoms with Crippen LogP contribution in [-0.2, 0) is 4.74 Å². The molecule has 1 unspecified atom stereocenters. The van der Waals surface area contributed by atoms with Crippen molar-refractivity contribution in [2.45, 2.75) is 56.5 Å². The SMILES string of the molecule is CCOCC(O)CN1CCN(c2nc(C3CC3)nc(Nc3cc(C4CC(F)(F)C4)[nH]n3)c2F)CC1. The minimum Gasteiger partial charge on any atom is -0.389 e. The summed E-state index contributed by atoms with van der Waals surface area (Å²) >= 11 is 0. The fourth-order valence-corrected chi connectivity index (χ4v) is 4.63. The first-order chi connectivity index (χ1) is 16.8. The average molecular weight is 496 g/mol. The molecule has 35 heavy (non-hydrogen) atoms. The summed E-state index contributed by atoms with van der Waals surface area (Å²) < 4.78 is 47.3. The molecule has 3 fully saturated rings. The highest BCUT2D eigenvalue weighted by molar-refractivity contribution is 5.59. The Morgan fingerprint density at radius 1 is 1.20 bits per heavy atom. The maximum atomic E-state index is 15.6. The second-order valence-corrected chi connectivity index (χ2v) is 9.74. The van der Waals surface area contributed by atoms with Gasteiger partial charge in [-0.25, -0.2) is 18.7 Å². The lowest BCUT2D eigenvalue weighted by Crippen LogP contribution is -2.49. The van der Waals surface area contributed by atoms with Gasteiger partial charge in [0.2, 0.25) is 11.7 Å². The van der Waals surface area contributed by atoms with E-state index in [1.807, 2.05) is 11.8 Å². The first-order valence-electron chi connectivity index (χ1n) is 12.3. The molecule has 2 saturated carbocycles. The van der Waals surface area contributed by atoms with E-state index in [9.17, 15) is 13.9 Å². The summed E-state index contributed by atoms with van der Waals surface area (Å²) in [5.74, 6) is -1.99. The van der Waals surface area contributed by atoms with E-state index >= 15 is 4.39 Å². The summed E-state index contributed by atoms with van der Waals surface area (Å²) in [7, 11) is 0. The van der Waals surface area contributed by atoms with Gasteiger partial charge in [0, 0.05) is 75.8 Å². The molecule has 0 bridgehead atoms. The van der Waals surface area contributed by atoms with E-state index in [1.54, 1.807) is 6.07 Å². The van der Waals surface area contributed by atoms with Crippen LogP contribution in [-0.4, -0.2) is 88.1 Å². The molecular weight excluding hydrogens is 463 g/mol. The molecule has 5 rings (SSSR count). The highest BCUT2D eigenvalue weighted by atomic mass is 19.3. The number of aliphatic hydroxyl groups excluding tert-OH is 1. The van der Waals surface area contributed by atoms with E-state index in [1.165, 1.54) is 0 Å². The number of halogens is 3. The fourth-order valence-electron chi connectivity index (χ4n) is 4.63. The number of aliphatic hydroxyl groups is 1. The number of rotatable bonds is 10. The topological polar surface area (TPSA) is 102 Å². The zero-order valence-corrected chi connectivity index (χ0v) is 19.8. The van der Waals surface area contributed by atoms with Gasteiger partial charge in [0.1, 0.15) is 5.82 Å². The van der Waals surface area contributed by atoms with Crippen molar-refractivity contribution >= 4 is 17.5 Å². The number of anilines is 3. The number of H-pyrrole nitrogens is 1. The second kappa shape index (κ2) is 9.90.